The molecule has 13 heteroatoms. The first-order valence-corrected chi connectivity index (χ1v) is 13.2. The number of fused-ring (bicyclic) bond motifs is 2. The maximum absolute atomic E-state index is 13.3. The highest BCUT2D eigenvalue weighted by atomic mass is 32.1. The lowest BCUT2D eigenvalue weighted by Crippen LogP contribution is -2.38. The molecule has 0 aliphatic carbocycles. The van der Waals surface area contributed by atoms with E-state index in [1.54, 1.807) is 11.3 Å². The molecule has 1 fully saturated rings. The Bertz CT molecular complexity index is 1260. The van der Waals surface area contributed by atoms with E-state index in [2.05, 4.69) is 33.4 Å². The molecule has 2 aliphatic heterocycles. The van der Waals surface area contributed by atoms with Crippen LogP contribution < -0.4 is 15.1 Å². The van der Waals surface area contributed by atoms with E-state index in [0.717, 1.165) is 47.0 Å². The number of halogens is 3. The van der Waals surface area contributed by atoms with Crippen molar-refractivity contribution in [3.63, 3.8) is 0 Å². The fourth-order valence-corrected chi connectivity index (χ4v) is 5.95. The summed E-state index contributed by atoms with van der Waals surface area (Å²) in [5, 5.41) is 11.2. The summed E-state index contributed by atoms with van der Waals surface area (Å²) in [4.78, 5) is 27.9. The molecule has 0 bridgehead atoms. The minimum Gasteiger partial charge on any atom is -0.352 e. The number of hydrogen-bond donors (Lipinski definition) is 1. The highest BCUT2D eigenvalue weighted by molar-refractivity contribution is 7.18. The van der Waals surface area contributed by atoms with Gasteiger partial charge in [0.05, 0.1) is 11.9 Å². The Morgan fingerprint density at radius 3 is 2.72 bits per heavy atom. The average molecular weight is 523 g/mol. The SMILES string of the molecule is CCCC(=O)NC1CCN(c2nc(N3CCn4c(nnc4C(F)(F)F)C3)c3cc(CCC)sc3n2)C1. The van der Waals surface area contributed by atoms with Gasteiger partial charge in [0.2, 0.25) is 17.7 Å². The molecule has 1 atom stereocenters. The summed E-state index contributed by atoms with van der Waals surface area (Å²) in [6.07, 6.45) is -0.490. The van der Waals surface area contributed by atoms with Crippen LogP contribution in [-0.4, -0.2) is 56.3 Å². The van der Waals surface area contributed by atoms with E-state index in [1.165, 1.54) is 4.88 Å². The van der Waals surface area contributed by atoms with Crippen molar-refractivity contribution in [3.8, 4) is 0 Å². The zero-order valence-electron chi connectivity index (χ0n) is 20.3. The molecule has 36 heavy (non-hydrogen) atoms. The first-order valence-electron chi connectivity index (χ1n) is 12.4. The molecule has 0 spiro atoms. The third kappa shape index (κ3) is 4.84. The number of nitrogens with zero attached hydrogens (tertiary/aromatic N) is 7. The molecule has 5 heterocycles. The molecule has 5 rings (SSSR count). The summed E-state index contributed by atoms with van der Waals surface area (Å²) >= 11 is 1.63. The fourth-order valence-electron chi connectivity index (χ4n) is 4.83. The van der Waals surface area contributed by atoms with Gasteiger partial charge >= 0.3 is 6.18 Å². The standard InChI is InChI=1S/C23H29F3N8OS/c1-3-5-15-11-16-19(32-9-10-34-17(13-32)30-31-21(34)23(24,25)26)28-22(29-20(16)36-15)33-8-7-14(12-33)27-18(35)6-4-2/h11,14H,3-10,12-13H2,1-2H3,(H,27,35). The Morgan fingerprint density at radius 2 is 1.97 bits per heavy atom. The van der Waals surface area contributed by atoms with E-state index in [9.17, 15) is 18.0 Å². The van der Waals surface area contributed by atoms with Crippen LogP contribution in [0.3, 0.4) is 0 Å². The molecule has 1 unspecified atom stereocenters. The number of amides is 1. The second kappa shape index (κ2) is 9.83. The van der Waals surface area contributed by atoms with Crippen molar-refractivity contribution in [2.75, 3.05) is 29.4 Å². The molecule has 1 saturated heterocycles. The average Bonchev–Trinajstić information content (AvgIpc) is 3.55. The summed E-state index contributed by atoms with van der Waals surface area (Å²) in [5.41, 5.74) is 0. The van der Waals surface area contributed by atoms with Crippen molar-refractivity contribution >= 4 is 39.2 Å². The topological polar surface area (TPSA) is 92.1 Å². The lowest BCUT2D eigenvalue weighted by Gasteiger charge is -2.30. The number of anilines is 2. The van der Waals surface area contributed by atoms with Gasteiger partial charge in [0.15, 0.2) is 5.82 Å². The molecule has 3 aromatic rings. The third-order valence-electron chi connectivity index (χ3n) is 6.53. The van der Waals surface area contributed by atoms with Crippen molar-refractivity contribution in [1.29, 1.82) is 0 Å². The number of aromatic nitrogens is 5. The van der Waals surface area contributed by atoms with Crippen molar-refractivity contribution in [2.24, 2.45) is 0 Å². The number of thiophene rings is 1. The summed E-state index contributed by atoms with van der Waals surface area (Å²) in [5.74, 6) is 0.650. The zero-order valence-corrected chi connectivity index (χ0v) is 21.1. The van der Waals surface area contributed by atoms with Crippen LogP contribution in [0.1, 0.15) is 56.1 Å². The third-order valence-corrected chi connectivity index (χ3v) is 7.62. The minimum atomic E-state index is -4.54. The largest absolute Gasteiger partial charge is 0.451 e. The number of nitrogens with one attached hydrogen (secondary N) is 1. The van der Waals surface area contributed by atoms with Gasteiger partial charge in [0.1, 0.15) is 10.6 Å². The molecular formula is C23H29F3N8OS. The smallest absolute Gasteiger partial charge is 0.352 e. The molecule has 194 valence electrons. The molecule has 2 aliphatic rings. The van der Waals surface area contributed by atoms with Gasteiger partial charge in [-0.15, -0.1) is 21.5 Å². The molecule has 0 saturated carbocycles. The molecule has 0 radical (unpaired) electrons. The lowest BCUT2D eigenvalue weighted by atomic mass is 10.2. The van der Waals surface area contributed by atoms with Crippen molar-refractivity contribution in [3.05, 3.63) is 22.6 Å². The number of alkyl halides is 3. The van der Waals surface area contributed by atoms with Crippen LogP contribution in [0, 0.1) is 0 Å². The van der Waals surface area contributed by atoms with E-state index in [1.807, 2.05) is 11.8 Å². The summed E-state index contributed by atoms with van der Waals surface area (Å²) < 4.78 is 41.1. The Morgan fingerprint density at radius 1 is 1.14 bits per heavy atom. The molecule has 3 aromatic heterocycles. The van der Waals surface area contributed by atoms with Crippen LogP contribution >= 0.6 is 11.3 Å². The monoisotopic (exact) mass is 522 g/mol. The number of aryl methyl sites for hydroxylation is 1. The van der Waals surface area contributed by atoms with E-state index in [0.29, 0.717) is 31.3 Å². The van der Waals surface area contributed by atoms with E-state index in [4.69, 9.17) is 9.97 Å². The Labute approximate surface area is 210 Å². The number of hydrogen-bond acceptors (Lipinski definition) is 8. The molecule has 0 aromatic carbocycles. The number of carbonyl (C=O) groups excluding carboxylic acids is 1. The Kier molecular flexibility index (Phi) is 6.75. The molecule has 1 amide bonds. The van der Waals surface area contributed by atoms with Crippen LogP contribution in [0.25, 0.3) is 10.2 Å². The van der Waals surface area contributed by atoms with Gasteiger partial charge in [-0.1, -0.05) is 20.3 Å². The van der Waals surface area contributed by atoms with Crippen LogP contribution in [0.2, 0.25) is 0 Å². The minimum absolute atomic E-state index is 0.0418. The molecule has 1 N–H and O–H groups in total. The second-order valence-corrected chi connectivity index (χ2v) is 10.4. The first kappa shape index (κ1) is 24.7. The molecular weight excluding hydrogens is 493 g/mol. The zero-order chi connectivity index (χ0) is 25.4. The van der Waals surface area contributed by atoms with Gasteiger partial charge in [-0.25, -0.2) is 4.98 Å². The van der Waals surface area contributed by atoms with Gasteiger partial charge in [-0.2, -0.15) is 18.2 Å². The van der Waals surface area contributed by atoms with Gasteiger partial charge in [-0.3, -0.25) is 4.79 Å². The number of carbonyl (C=O) groups is 1. The van der Waals surface area contributed by atoms with Crippen LogP contribution in [-0.2, 0) is 30.5 Å². The number of rotatable bonds is 7. The quantitative estimate of drug-likeness (QED) is 0.505. The molecule has 9 nitrogen and oxygen atoms in total. The first-order chi connectivity index (χ1) is 17.3. The van der Waals surface area contributed by atoms with Crippen molar-refractivity contribution in [2.45, 2.75) is 71.3 Å². The normalized spacial score (nSPS) is 18.2. The summed E-state index contributed by atoms with van der Waals surface area (Å²) in [6.45, 7) is 6.10. The van der Waals surface area contributed by atoms with Crippen LogP contribution in [0.4, 0.5) is 24.9 Å². The maximum Gasteiger partial charge on any atom is 0.451 e. The van der Waals surface area contributed by atoms with Crippen molar-refractivity contribution < 1.29 is 18.0 Å². The van der Waals surface area contributed by atoms with Crippen LogP contribution in [0.15, 0.2) is 6.07 Å². The maximum atomic E-state index is 13.3. The van der Waals surface area contributed by atoms with E-state index in [-0.39, 0.29) is 30.9 Å². The van der Waals surface area contributed by atoms with Gasteiger partial charge in [-0.05, 0) is 25.3 Å². The lowest BCUT2D eigenvalue weighted by molar-refractivity contribution is -0.147. The summed E-state index contributed by atoms with van der Waals surface area (Å²) in [7, 11) is 0. The van der Waals surface area contributed by atoms with Gasteiger partial charge in [0.25, 0.3) is 0 Å². The predicted octanol–water partition coefficient (Wildman–Crippen LogP) is 3.77. The van der Waals surface area contributed by atoms with Gasteiger partial charge < -0.3 is 19.7 Å². The fraction of sp³-hybridized carbons (Fsp3) is 0.609. The highest BCUT2D eigenvalue weighted by Crippen LogP contribution is 2.36. The Hall–Kier alpha value is -2.96. The van der Waals surface area contributed by atoms with Gasteiger partial charge in [0, 0.05) is 43.5 Å². The Balaban J connectivity index is 1.45. The summed E-state index contributed by atoms with van der Waals surface area (Å²) in [6, 6.07) is 2.14. The van der Waals surface area contributed by atoms with E-state index < -0.39 is 12.0 Å². The highest BCUT2D eigenvalue weighted by Gasteiger charge is 2.40. The second-order valence-electron chi connectivity index (χ2n) is 9.29. The predicted molar refractivity (Wildman–Crippen MR) is 131 cm³/mol. The van der Waals surface area contributed by atoms with Crippen LogP contribution in [0.5, 0.6) is 0 Å². The van der Waals surface area contributed by atoms with E-state index >= 15 is 0 Å². The van der Waals surface area contributed by atoms with Crippen molar-refractivity contribution in [1.82, 2.24) is 30.0 Å².